The number of benzene rings is 1. The van der Waals surface area contributed by atoms with Gasteiger partial charge in [-0.2, -0.15) is 13.2 Å². The Labute approximate surface area is 108 Å². The first-order valence-electron chi connectivity index (χ1n) is 5.88. The van der Waals surface area contributed by atoms with Crippen molar-refractivity contribution in [3.63, 3.8) is 0 Å². The first kappa shape index (κ1) is 13.7. The van der Waals surface area contributed by atoms with Crippen LogP contribution in [-0.4, -0.2) is 9.55 Å². The second kappa shape index (κ2) is 4.15. The van der Waals surface area contributed by atoms with Crippen molar-refractivity contribution >= 4 is 11.0 Å². The topological polar surface area (TPSA) is 37.8 Å². The fourth-order valence-electron chi connectivity index (χ4n) is 2.07. The molecule has 104 valence electrons. The summed E-state index contributed by atoms with van der Waals surface area (Å²) < 4.78 is 40.2. The van der Waals surface area contributed by atoms with Crippen LogP contribution in [0, 0.1) is 5.41 Å². The summed E-state index contributed by atoms with van der Waals surface area (Å²) in [4.78, 5) is 14.3. The number of fused-ring (bicyclic) bond motifs is 1. The van der Waals surface area contributed by atoms with Gasteiger partial charge in [-0.25, -0.2) is 4.79 Å². The van der Waals surface area contributed by atoms with Crippen LogP contribution in [0.2, 0.25) is 0 Å². The number of imidazole rings is 1. The van der Waals surface area contributed by atoms with Crippen LogP contribution in [0.15, 0.2) is 23.0 Å². The van der Waals surface area contributed by atoms with E-state index >= 15 is 0 Å². The second-order valence-electron chi connectivity index (χ2n) is 5.78. The molecule has 0 amide bonds. The number of para-hydroxylation sites is 1. The molecule has 1 aromatic heterocycles. The van der Waals surface area contributed by atoms with E-state index in [4.69, 9.17) is 0 Å². The van der Waals surface area contributed by atoms with Gasteiger partial charge >= 0.3 is 11.9 Å². The van der Waals surface area contributed by atoms with Crippen LogP contribution in [-0.2, 0) is 12.7 Å². The van der Waals surface area contributed by atoms with Crippen molar-refractivity contribution in [3.8, 4) is 0 Å². The molecular weight excluding hydrogens is 257 g/mol. The SMILES string of the molecule is CC(C)(C)Cn1c(=O)[nH]c2cccc(C(F)(F)F)c21. The average molecular weight is 272 g/mol. The van der Waals surface area contributed by atoms with Crippen molar-refractivity contribution in [2.45, 2.75) is 33.5 Å². The Bertz CT molecular complexity index is 659. The number of hydrogen-bond acceptors (Lipinski definition) is 1. The van der Waals surface area contributed by atoms with Crippen LogP contribution in [0.1, 0.15) is 26.3 Å². The van der Waals surface area contributed by atoms with Crippen LogP contribution in [0.3, 0.4) is 0 Å². The molecule has 2 rings (SSSR count). The molecule has 1 heterocycles. The fraction of sp³-hybridized carbons (Fsp3) is 0.462. The lowest BCUT2D eigenvalue weighted by Crippen LogP contribution is -2.25. The maximum Gasteiger partial charge on any atom is 0.418 e. The molecule has 19 heavy (non-hydrogen) atoms. The van der Waals surface area contributed by atoms with Gasteiger partial charge in [0.25, 0.3) is 0 Å². The highest BCUT2D eigenvalue weighted by Gasteiger charge is 2.34. The van der Waals surface area contributed by atoms with E-state index in [1.807, 2.05) is 20.8 Å². The molecule has 0 unspecified atom stereocenters. The highest BCUT2D eigenvalue weighted by atomic mass is 19.4. The van der Waals surface area contributed by atoms with Gasteiger partial charge in [-0.3, -0.25) is 4.57 Å². The summed E-state index contributed by atoms with van der Waals surface area (Å²) in [6, 6.07) is 3.77. The van der Waals surface area contributed by atoms with Crippen molar-refractivity contribution < 1.29 is 13.2 Å². The fourth-order valence-corrected chi connectivity index (χ4v) is 2.07. The predicted octanol–water partition coefficient (Wildman–Crippen LogP) is 3.39. The van der Waals surface area contributed by atoms with Crippen LogP contribution < -0.4 is 5.69 Å². The molecule has 6 heteroatoms. The van der Waals surface area contributed by atoms with Gasteiger partial charge in [0.05, 0.1) is 16.6 Å². The third-order valence-electron chi connectivity index (χ3n) is 2.73. The van der Waals surface area contributed by atoms with E-state index in [1.54, 1.807) is 0 Å². The standard InChI is InChI=1S/C13H15F3N2O/c1-12(2,3)7-18-10-8(13(14,15)16)5-4-6-9(10)17-11(18)19/h4-6H,7H2,1-3H3,(H,17,19). The number of rotatable bonds is 1. The Balaban J connectivity index is 2.77. The molecule has 0 saturated heterocycles. The predicted molar refractivity (Wildman–Crippen MR) is 67.0 cm³/mol. The first-order valence-corrected chi connectivity index (χ1v) is 5.88. The van der Waals surface area contributed by atoms with Gasteiger partial charge in [0, 0.05) is 6.54 Å². The lowest BCUT2D eigenvalue weighted by atomic mass is 9.96. The maximum absolute atomic E-state index is 13.0. The van der Waals surface area contributed by atoms with Crippen LogP contribution in [0.5, 0.6) is 0 Å². The zero-order valence-corrected chi connectivity index (χ0v) is 10.9. The minimum Gasteiger partial charge on any atom is -0.306 e. The number of nitrogens with zero attached hydrogens (tertiary/aromatic N) is 1. The summed E-state index contributed by atoms with van der Waals surface area (Å²) >= 11 is 0. The van der Waals surface area contributed by atoms with E-state index in [-0.39, 0.29) is 23.0 Å². The van der Waals surface area contributed by atoms with Gasteiger partial charge in [0.15, 0.2) is 0 Å². The van der Waals surface area contributed by atoms with Gasteiger partial charge in [-0.15, -0.1) is 0 Å². The smallest absolute Gasteiger partial charge is 0.306 e. The van der Waals surface area contributed by atoms with E-state index in [0.29, 0.717) is 0 Å². The number of nitrogens with one attached hydrogen (secondary N) is 1. The van der Waals surface area contributed by atoms with Crippen LogP contribution in [0.4, 0.5) is 13.2 Å². The first-order chi connectivity index (χ1) is 8.59. The largest absolute Gasteiger partial charge is 0.418 e. The molecule has 0 atom stereocenters. The second-order valence-corrected chi connectivity index (χ2v) is 5.78. The van der Waals surface area contributed by atoms with Crippen molar-refractivity contribution in [1.82, 2.24) is 9.55 Å². The zero-order valence-electron chi connectivity index (χ0n) is 10.9. The van der Waals surface area contributed by atoms with Crippen LogP contribution in [0.25, 0.3) is 11.0 Å². The molecule has 0 radical (unpaired) electrons. The van der Waals surface area contributed by atoms with Gasteiger partial charge in [-0.1, -0.05) is 26.8 Å². The summed E-state index contributed by atoms with van der Waals surface area (Å²) in [6.07, 6.45) is -4.48. The van der Waals surface area contributed by atoms with Crippen molar-refractivity contribution in [3.05, 3.63) is 34.2 Å². The quantitative estimate of drug-likeness (QED) is 0.849. The Kier molecular flexibility index (Phi) is 2.99. The van der Waals surface area contributed by atoms with E-state index < -0.39 is 17.4 Å². The van der Waals surface area contributed by atoms with E-state index in [2.05, 4.69) is 4.98 Å². The third kappa shape index (κ3) is 2.67. The summed E-state index contributed by atoms with van der Waals surface area (Å²) in [5.74, 6) is 0. The van der Waals surface area contributed by atoms with E-state index in [0.717, 1.165) is 10.6 Å². The summed E-state index contributed by atoms with van der Waals surface area (Å²) in [5, 5.41) is 0. The lowest BCUT2D eigenvalue weighted by molar-refractivity contribution is -0.136. The molecule has 0 aliphatic carbocycles. The molecule has 0 fully saturated rings. The minimum absolute atomic E-state index is 0.0741. The summed E-state index contributed by atoms with van der Waals surface area (Å²) in [5.41, 5.74) is -1.45. The summed E-state index contributed by atoms with van der Waals surface area (Å²) in [6.45, 7) is 5.83. The number of halogens is 3. The molecule has 0 bridgehead atoms. The van der Waals surface area contributed by atoms with Crippen molar-refractivity contribution in [2.24, 2.45) is 5.41 Å². The molecule has 2 aromatic rings. The molecule has 3 nitrogen and oxygen atoms in total. The van der Waals surface area contributed by atoms with E-state index in [1.165, 1.54) is 12.1 Å². The van der Waals surface area contributed by atoms with Gasteiger partial charge in [0.1, 0.15) is 0 Å². The number of H-pyrrole nitrogens is 1. The highest BCUT2D eigenvalue weighted by Crippen LogP contribution is 2.34. The van der Waals surface area contributed by atoms with E-state index in [9.17, 15) is 18.0 Å². The molecule has 1 N–H and O–H groups in total. The third-order valence-corrected chi connectivity index (χ3v) is 2.73. The molecule has 0 aliphatic heterocycles. The Hall–Kier alpha value is -1.72. The Morgan fingerprint density at radius 2 is 1.84 bits per heavy atom. The number of alkyl halides is 3. The monoisotopic (exact) mass is 272 g/mol. The summed E-state index contributed by atoms with van der Waals surface area (Å²) in [7, 11) is 0. The molecule has 1 aromatic carbocycles. The van der Waals surface area contributed by atoms with Crippen molar-refractivity contribution in [1.29, 1.82) is 0 Å². The molecule has 0 spiro atoms. The number of aromatic amines is 1. The number of hydrogen-bond donors (Lipinski definition) is 1. The zero-order chi connectivity index (χ0) is 14.4. The van der Waals surface area contributed by atoms with Gasteiger partial charge < -0.3 is 4.98 Å². The Morgan fingerprint density at radius 1 is 1.21 bits per heavy atom. The highest BCUT2D eigenvalue weighted by molar-refractivity contribution is 5.79. The molecular formula is C13H15F3N2O. The van der Waals surface area contributed by atoms with Gasteiger partial charge in [-0.05, 0) is 17.5 Å². The molecule has 0 saturated carbocycles. The Morgan fingerprint density at radius 3 is 2.37 bits per heavy atom. The lowest BCUT2D eigenvalue weighted by Gasteiger charge is -2.20. The average Bonchev–Trinajstić information content (AvgIpc) is 2.51. The molecule has 0 aliphatic rings. The normalized spacial score (nSPS) is 13.2. The maximum atomic E-state index is 13.0. The minimum atomic E-state index is -4.48. The number of aromatic nitrogens is 2. The van der Waals surface area contributed by atoms with Crippen molar-refractivity contribution in [2.75, 3.05) is 0 Å². The van der Waals surface area contributed by atoms with Gasteiger partial charge in [0.2, 0.25) is 0 Å². The van der Waals surface area contributed by atoms with Crippen LogP contribution >= 0.6 is 0 Å².